The molecular formula is C9H18Cl2O. The Labute approximate surface area is 85.1 Å². The molecule has 1 nitrogen and oxygen atoms in total. The molecule has 0 spiro atoms. The molecule has 0 aliphatic carbocycles. The molecule has 4 atom stereocenters. The lowest BCUT2D eigenvalue weighted by molar-refractivity contribution is 0.0635. The third-order valence-electron chi connectivity index (χ3n) is 2.41. The molecule has 1 N–H and O–H groups in total. The zero-order valence-corrected chi connectivity index (χ0v) is 9.44. The van der Waals surface area contributed by atoms with Gasteiger partial charge in [-0.15, -0.1) is 23.2 Å². The average molecular weight is 213 g/mol. The fraction of sp³-hybridized carbons (Fsp3) is 1.00. The van der Waals surface area contributed by atoms with Gasteiger partial charge in [0.15, 0.2) is 0 Å². The number of hydrogen-bond donors (Lipinski definition) is 1. The predicted molar refractivity (Wildman–Crippen MR) is 55.0 cm³/mol. The highest BCUT2D eigenvalue weighted by atomic mass is 35.5. The van der Waals surface area contributed by atoms with Crippen LogP contribution in [0.3, 0.4) is 0 Å². The summed E-state index contributed by atoms with van der Waals surface area (Å²) in [6.07, 6.45) is 0.507. The fourth-order valence-electron chi connectivity index (χ4n) is 1.13. The molecule has 74 valence electrons. The first-order chi connectivity index (χ1) is 5.50. The van der Waals surface area contributed by atoms with E-state index >= 15 is 0 Å². The highest BCUT2D eigenvalue weighted by molar-refractivity contribution is 6.20. The van der Waals surface area contributed by atoms with Crippen molar-refractivity contribution in [2.45, 2.75) is 38.7 Å². The normalized spacial score (nSPS) is 21.5. The molecule has 0 saturated carbocycles. The summed E-state index contributed by atoms with van der Waals surface area (Å²) in [5, 5.41) is 9.76. The Morgan fingerprint density at radius 2 is 1.75 bits per heavy atom. The van der Waals surface area contributed by atoms with E-state index in [1.165, 1.54) is 0 Å². The second kappa shape index (κ2) is 6.06. The second-order valence-corrected chi connectivity index (χ2v) is 4.55. The highest BCUT2D eigenvalue weighted by Crippen LogP contribution is 2.22. The summed E-state index contributed by atoms with van der Waals surface area (Å²) < 4.78 is 0. The SMILES string of the molecule is CC(Cl)C(C)C(O)C(C)CCCl. The quantitative estimate of drug-likeness (QED) is 0.696. The minimum Gasteiger partial charge on any atom is -0.393 e. The van der Waals surface area contributed by atoms with Crippen molar-refractivity contribution in [3.63, 3.8) is 0 Å². The van der Waals surface area contributed by atoms with E-state index < -0.39 is 0 Å². The van der Waals surface area contributed by atoms with Crippen molar-refractivity contribution in [3.8, 4) is 0 Å². The van der Waals surface area contributed by atoms with E-state index in [-0.39, 0.29) is 23.3 Å². The van der Waals surface area contributed by atoms with Crippen LogP contribution in [0.1, 0.15) is 27.2 Å². The van der Waals surface area contributed by atoms with Crippen LogP contribution < -0.4 is 0 Å². The molecule has 12 heavy (non-hydrogen) atoms. The summed E-state index contributed by atoms with van der Waals surface area (Å²) in [7, 11) is 0. The molecule has 0 rings (SSSR count). The first kappa shape index (κ1) is 12.5. The Hall–Kier alpha value is 0.540. The van der Waals surface area contributed by atoms with Gasteiger partial charge in [-0.3, -0.25) is 0 Å². The Morgan fingerprint density at radius 3 is 2.08 bits per heavy atom. The molecule has 0 aromatic heterocycles. The topological polar surface area (TPSA) is 20.2 Å². The molecule has 0 aliphatic rings. The van der Waals surface area contributed by atoms with E-state index in [1.807, 2.05) is 20.8 Å². The van der Waals surface area contributed by atoms with Gasteiger partial charge in [0, 0.05) is 11.3 Å². The van der Waals surface area contributed by atoms with E-state index in [0.29, 0.717) is 5.88 Å². The molecule has 0 amide bonds. The van der Waals surface area contributed by atoms with Gasteiger partial charge < -0.3 is 5.11 Å². The lowest BCUT2D eigenvalue weighted by Gasteiger charge is -2.25. The van der Waals surface area contributed by atoms with E-state index in [9.17, 15) is 5.11 Å². The number of aliphatic hydroxyl groups is 1. The van der Waals surface area contributed by atoms with Gasteiger partial charge >= 0.3 is 0 Å². The van der Waals surface area contributed by atoms with Crippen LogP contribution in [0.4, 0.5) is 0 Å². The van der Waals surface area contributed by atoms with Gasteiger partial charge in [0.2, 0.25) is 0 Å². The first-order valence-corrected chi connectivity index (χ1v) is 5.35. The number of rotatable bonds is 5. The molecule has 0 aromatic carbocycles. The molecule has 0 aliphatic heterocycles. The first-order valence-electron chi connectivity index (χ1n) is 4.38. The maximum absolute atomic E-state index is 9.74. The monoisotopic (exact) mass is 212 g/mol. The van der Waals surface area contributed by atoms with Gasteiger partial charge in [0.1, 0.15) is 0 Å². The van der Waals surface area contributed by atoms with E-state index in [2.05, 4.69) is 0 Å². The van der Waals surface area contributed by atoms with Crippen molar-refractivity contribution in [2.75, 3.05) is 5.88 Å². The lowest BCUT2D eigenvalue weighted by atomic mass is 9.90. The van der Waals surface area contributed by atoms with Gasteiger partial charge in [0.25, 0.3) is 0 Å². The maximum atomic E-state index is 9.74. The standard InChI is InChI=1S/C9H18Cl2O/c1-6(4-5-10)9(12)7(2)8(3)11/h6-9,12H,4-5H2,1-3H3. The average Bonchev–Trinajstić information content (AvgIpc) is 2.02. The molecule has 4 unspecified atom stereocenters. The molecule has 0 fully saturated rings. The van der Waals surface area contributed by atoms with Crippen LogP contribution in [0.15, 0.2) is 0 Å². The maximum Gasteiger partial charge on any atom is 0.0605 e. The summed E-state index contributed by atoms with van der Waals surface area (Å²) in [6, 6.07) is 0. The minimum absolute atomic E-state index is 0.0118. The number of alkyl halides is 2. The zero-order valence-electron chi connectivity index (χ0n) is 7.93. The smallest absolute Gasteiger partial charge is 0.0605 e. The van der Waals surface area contributed by atoms with Crippen LogP contribution in [-0.4, -0.2) is 22.5 Å². The molecule has 0 radical (unpaired) electrons. The predicted octanol–water partition coefficient (Wildman–Crippen LogP) is 2.88. The third kappa shape index (κ3) is 3.97. The van der Waals surface area contributed by atoms with Crippen molar-refractivity contribution in [1.82, 2.24) is 0 Å². The van der Waals surface area contributed by atoms with Crippen molar-refractivity contribution in [1.29, 1.82) is 0 Å². The van der Waals surface area contributed by atoms with Crippen LogP contribution in [-0.2, 0) is 0 Å². The Morgan fingerprint density at radius 1 is 1.25 bits per heavy atom. The zero-order chi connectivity index (χ0) is 9.72. The minimum atomic E-state index is -0.337. The third-order valence-corrected chi connectivity index (χ3v) is 3.03. The molecule has 0 saturated heterocycles. The number of aliphatic hydroxyl groups excluding tert-OH is 1. The molecule has 0 aromatic rings. The van der Waals surface area contributed by atoms with Gasteiger partial charge in [0.05, 0.1) is 6.10 Å². The Kier molecular flexibility index (Phi) is 6.34. The van der Waals surface area contributed by atoms with Crippen molar-refractivity contribution in [3.05, 3.63) is 0 Å². The van der Waals surface area contributed by atoms with Gasteiger partial charge in [-0.05, 0) is 25.2 Å². The molecule has 0 heterocycles. The van der Waals surface area contributed by atoms with E-state index in [0.717, 1.165) is 6.42 Å². The van der Waals surface area contributed by atoms with E-state index in [1.54, 1.807) is 0 Å². The Balaban J connectivity index is 3.90. The van der Waals surface area contributed by atoms with Crippen molar-refractivity contribution >= 4 is 23.2 Å². The summed E-state index contributed by atoms with van der Waals surface area (Å²) in [6.45, 7) is 5.87. The Bertz CT molecular complexity index is 117. The lowest BCUT2D eigenvalue weighted by Crippen LogP contribution is -2.30. The van der Waals surface area contributed by atoms with Gasteiger partial charge in [-0.25, -0.2) is 0 Å². The van der Waals surface area contributed by atoms with Crippen LogP contribution in [0.2, 0.25) is 0 Å². The van der Waals surface area contributed by atoms with Crippen LogP contribution in [0, 0.1) is 11.8 Å². The van der Waals surface area contributed by atoms with Crippen LogP contribution in [0.25, 0.3) is 0 Å². The fourth-order valence-corrected chi connectivity index (χ4v) is 1.63. The number of hydrogen-bond acceptors (Lipinski definition) is 1. The summed E-state index contributed by atoms with van der Waals surface area (Å²) >= 11 is 11.5. The largest absolute Gasteiger partial charge is 0.393 e. The van der Waals surface area contributed by atoms with Crippen LogP contribution >= 0.6 is 23.2 Å². The highest BCUT2D eigenvalue weighted by Gasteiger charge is 2.23. The summed E-state index contributed by atoms with van der Waals surface area (Å²) in [5.74, 6) is 0.963. The van der Waals surface area contributed by atoms with Crippen LogP contribution in [0.5, 0.6) is 0 Å². The second-order valence-electron chi connectivity index (χ2n) is 3.48. The molecular weight excluding hydrogens is 195 g/mol. The summed E-state index contributed by atoms with van der Waals surface area (Å²) in [4.78, 5) is 0. The van der Waals surface area contributed by atoms with Crippen molar-refractivity contribution < 1.29 is 5.11 Å². The molecule has 0 bridgehead atoms. The number of halogens is 2. The van der Waals surface area contributed by atoms with Crippen molar-refractivity contribution in [2.24, 2.45) is 11.8 Å². The van der Waals surface area contributed by atoms with E-state index in [4.69, 9.17) is 23.2 Å². The van der Waals surface area contributed by atoms with Gasteiger partial charge in [-0.2, -0.15) is 0 Å². The summed E-state index contributed by atoms with van der Waals surface area (Å²) in [5.41, 5.74) is 0. The molecule has 3 heteroatoms. The van der Waals surface area contributed by atoms with Gasteiger partial charge in [-0.1, -0.05) is 13.8 Å².